The molecule has 7 aromatic carbocycles. The van der Waals surface area contributed by atoms with Crippen LogP contribution in [0.25, 0.3) is 67.3 Å². The van der Waals surface area contributed by atoms with Crippen molar-refractivity contribution in [2.75, 3.05) is 18.8 Å². The van der Waals surface area contributed by atoms with Crippen LogP contribution in [0.5, 0.6) is 0 Å². The third-order valence-electron chi connectivity index (χ3n) is 12.0. The summed E-state index contributed by atoms with van der Waals surface area (Å²) >= 11 is 0. The van der Waals surface area contributed by atoms with Crippen LogP contribution in [0.15, 0.2) is 161 Å². The van der Waals surface area contributed by atoms with Crippen LogP contribution in [0.3, 0.4) is 0 Å². The molecule has 1 nitrogen and oxygen atoms in total. The van der Waals surface area contributed by atoms with Crippen molar-refractivity contribution in [2.45, 2.75) is 85.5 Å². The van der Waals surface area contributed by atoms with Crippen molar-refractivity contribution in [1.29, 1.82) is 0 Å². The van der Waals surface area contributed by atoms with Gasteiger partial charge in [0.25, 0.3) is 0 Å². The van der Waals surface area contributed by atoms with Gasteiger partial charge in [-0.25, -0.2) is 10.0 Å². The number of furan rings is 1. The lowest BCUT2D eigenvalue weighted by molar-refractivity contribution is 0.603. The van der Waals surface area contributed by atoms with E-state index in [1.54, 1.807) is 6.08 Å². The average Bonchev–Trinajstić information content (AvgIpc) is 3.74. The molecule has 1 aliphatic carbocycles. The van der Waals surface area contributed by atoms with Crippen LogP contribution in [-0.4, -0.2) is 18.8 Å². The summed E-state index contributed by atoms with van der Waals surface area (Å²) in [5.74, 6) is 1.37. The second-order valence-corrected chi connectivity index (χ2v) is 22.3. The van der Waals surface area contributed by atoms with Gasteiger partial charge in [0.2, 0.25) is 0 Å². The molecule has 0 spiro atoms. The molecule has 1 aromatic heterocycles. The summed E-state index contributed by atoms with van der Waals surface area (Å²) < 4.78 is 5.77. The van der Waals surface area contributed by atoms with E-state index in [1.165, 1.54) is 87.8 Å². The van der Waals surface area contributed by atoms with Crippen LogP contribution in [0.2, 0.25) is 0 Å². The number of benzene rings is 7. The van der Waals surface area contributed by atoms with Crippen LogP contribution < -0.4 is 0 Å². The maximum absolute atomic E-state index is 5.77. The number of hydrogen-bond acceptors (Lipinski definition) is 1. The minimum absolute atomic E-state index is 0.0262. The minimum atomic E-state index is -0.520. The molecule has 0 atom stereocenters. The van der Waals surface area contributed by atoms with E-state index in [4.69, 9.17) is 4.42 Å². The average molecular weight is 849 g/mol. The lowest BCUT2D eigenvalue weighted by Gasteiger charge is -2.25. The first-order valence-electron chi connectivity index (χ1n) is 22.5. The zero-order valence-electron chi connectivity index (χ0n) is 40.1. The summed E-state index contributed by atoms with van der Waals surface area (Å²) in [4.78, 5) is 1.49. The highest BCUT2D eigenvalue weighted by atomic mass is 32.3. The molecule has 0 aliphatic heterocycles. The van der Waals surface area contributed by atoms with Gasteiger partial charge >= 0.3 is 0 Å². The molecule has 2 heteroatoms. The highest BCUT2D eigenvalue weighted by Gasteiger charge is 2.37. The van der Waals surface area contributed by atoms with Gasteiger partial charge in [0.15, 0.2) is 0 Å². The maximum atomic E-state index is 5.77. The predicted octanol–water partition coefficient (Wildman–Crippen LogP) is 18.4. The monoisotopic (exact) mass is 848 g/mol. The lowest BCUT2D eigenvalue weighted by atomic mass is 9.80. The van der Waals surface area contributed by atoms with Crippen LogP contribution in [0.1, 0.15) is 99.1 Å². The standard InChI is InChI=1S/C33H28.C16H18O.C10H16S.C2H6/c1-21-14-15-28-30(18-21)33(3,4)31-20-29(26-12-8-9-13-27(26)32(28)31)25-17-22(2)16-24(19-25)23-10-6-5-7-11-23;1-5-7-13-14-10-12(11(3)4)8-9-16(14)17-15(13)6-2;1-9-5-7-10(8-6-9)11(2,3)4;1-2/h5-20H,1-4H3;5-11H,2H2,1,3-4H3;5-8H,1-4H3;1-2H3/b;7-5-;;. The van der Waals surface area contributed by atoms with Crippen LogP contribution in [-0.2, 0) is 5.41 Å². The molecular weight excluding hydrogens is 781 g/mol. The van der Waals surface area contributed by atoms with Gasteiger partial charge in [0.05, 0.1) is 0 Å². The van der Waals surface area contributed by atoms with Crippen molar-refractivity contribution in [1.82, 2.24) is 0 Å². The van der Waals surface area contributed by atoms with Crippen molar-refractivity contribution < 1.29 is 4.42 Å². The first kappa shape index (κ1) is 46.7. The second kappa shape index (κ2) is 19.7. The maximum Gasteiger partial charge on any atom is 0.135 e. The largest absolute Gasteiger partial charge is 0.456 e. The molecule has 324 valence electrons. The molecule has 8 aromatic rings. The molecular formula is C61H68OS. The van der Waals surface area contributed by atoms with E-state index in [0.717, 1.165) is 16.9 Å². The fourth-order valence-corrected chi connectivity index (χ4v) is 9.57. The summed E-state index contributed by atoms with van der Waals surface area (Å²) in [5, 5.41) is 3.85. The molecule has 63 heavy (non-hydrogen) atoms. The van der Waals surface area contributed by atoms with Gasteiger partial charge in [-0.3, -0.25) is 0 Å². The summed E-state index contributed by atoms with van der Waals surface area (Å²) in [6.07, 6.45) is 12.8. The van der Waals surface area contributed by atoms with Gasteiger partial charge in [0, 0.05) is 16.4 Å². The molecule has 0 fully saturated rings. The van der Waals surface area contributed by atoms with Gasteiger partial charge in [-0.05, 0) is 166 Å². The summed E-state index contributed by atoms with van der Waals surface area (Å²) in [6, 6.07) is 51.3. The van der Waals surface area contributed by atoms with Crippen molar-refractivity contribution in [3.8, 4) is 33.4 Å². The SMILES string of the molecule is C=Cc1oc2ccc(C(C)C)cc2c1/C=C\C.CC.Cc1cc(-c2ccccc2)cc(-c2cc3c(c4ccccc24)-c2ccc(C)cc2C3(C)C)c1.Cc1ccc(S(C)(C)C)cc1. The minimum Gasteiger partial charge on any atom is -0.456 e. The van der Waals surface area contributed by atoms with Crippen molar-refractivity contribution >= 4 is 43.9 Å². The van der Waals surface area contributed by atoms with E-state index >= 15 is 0 Å². The van der Waals surface area contributed by atoms with E-state index in [1.807, 2.05) is 32.9 Å². The zero-order valence-corrected chi connectivity index (χ0v) is 40.9. The third kappa shape index (κ3) is 10.0. The summed E-state index contributed by atoms with van der Waals surface area (Å²) in [7, 11) is -0.520. The molecule has 0 N–H and O–H groups in total. The van der Waals surface area contributed by atoms with Crippen LogP contribution in [0, 0.1) is 20.8 Å². The fraction of sp³-hybridized carbons (Fsp3) is 0.246. The van der Waals surface area contributed by atoms with Gasteiger partial charge in [-0.1, -0.05) is 175 Å². The molecule has 1 aliphatic rings. The Kier molecular flexibility index (Phi) is 14.6. The highest BCUT2D eigenvalue weighted by Crippen LogP contribution is 2.53. The Morgan fingerprint density at radius 2 is 1.22 bits per heavy atom. The van der Waals surface area contributed by atoms with Gasteiger partial charge in [0.1, 0.15) is 11.3 Å². The fourth-order valence-electron chi connectivity index (χ4n) is 8.62. The highest BCUT2D eigenvalue weighted by molar-refractivity contribution is 8.32. The molecule has 9 rings (SSSR count). The first-order chi connectivity index (χ1) is 30.1. The molecule has 0 saturated heterocycles. The molecule has 0 unspecified atom stereocenters. The number of allylic oxidation sites excluding steroid dienone is 1. The van der Waals surface area contributed by atoms with Crippen LogP contribution >= 0.6 is 10.0 Å². The van der Waals surface area contributed by atoms with Crippen molar-refractivity contribution in [2.24, 2.45) is 0 Å². The molecule has 0 saturated carbocycles. The van der Waals surface area contributed by atoms with Crippen LogP contribution in [0.4, 0.5) is 0 Å². The Bertz CT molecular complexity index is 2880. The Balaban J connectivity index is 0.000000183. The smallest absolute Gasteiger partial charge is 0.135 e. The molecule has 0 bridgehead atoms. The number of fused-ring (bicyclic) bond motifs is 6. The van der Waals surface area contributed by atoms with Gasteiger partial charge in [-0.15, -0.1) is 0 Å². The Labute approximate surface area is 381 Å². The van der Waals surface area contributed by atoms with E-state index in [0.29, 0.717) is 5.92 Å². The predicted molar refractivity (Wildman–Crippen MR) is 283 cm³/mol. The third-order valence-corrected chi connectivity index (χ3v) is 13.7. The van der Waals surface area contributed by atoms with Crippen molar-refractivity contribution in [3.05, 3.63) is 197 Å². The van der Waals surface area contributed by atoms with Gasteiger partial charge in [-0.2, -0.15) is 0 Å². The van der Waals surface area contributed by atoms with Gasteiger partial charge < -0.3 is 4.42 Å². The van der Waals surface area contributed by atoms with E-state index < -0.39 is 10.0 Å². The molecule has 0 radical (unpaired) electrons. The second-order valence-electron chi connectivity index (χ2n) is 18.2. The number of aryl methyl sites for hydroxylation is 3. The Morgan fingerprint density at radius 1 is 0.587 bits per heavy atom. The summed E-state index contributed by atoms with van der Waals surface area (Å²) in [6.45, 7) is 25.5. The number of rotatable bonds is 6. The molecule has 1 heterocycles. The first-order valence-corrected chi connectivity index (χ1v) is 25.4. The Morgan fingerprint density at radius 3 is 1.86 bits per heavy atom. The summed E-state index contributed by atoms with van der Waals surface area (Å²) in [5.41, 5.74) is 18.1. The lowest BCUT2D eigenvalue weighted by Crippen LogP contribution is -2.15. The van der Waals surface area contributed by atoms with E-state index in [-0.39, 0.29) is 5.41 Å². The topological polar surface area (TPSA) is 13.1 Å². The molecule has 0 amide bonds. The van der Waals surface area contributed by atoms with E-state index in [9.17, 15) is 0 Å². The Hall–Kier alpha value is -5.83. The quantitative estimate of drug-likeness (QED) is 0.162. The zero-order chi connectivity index (χ0) is 45.6. The normalized spacial score (nSPS) is 12.7. The van der Waals surface area contributed by atoms with Crippen molar-refractivity contribution in [3.63, 3.8) is 0 Å². The van der Waals surface area contributed by atoms with E-state index in [2.05, 4.69) is 213 Å². The number of hydrogen-bond donors (Lipinski definition) is 0.